The first-order valence-corrected chi connectivity index (χ1v) is 7.68. The van der Waals surface area contributed by atoms with E-state index in [0.29, 0.717) is 6.04 Å². The number of hydrogen-bond donors (Lipinski definition) is 1. The Morgan fingerprint density at radius 2 is 1.95 bits per heavy atom. The van der Waals surface area contributed by atoms with E-state index in [1.165, 1.54) is 25.2 Å². The first kappa shape index (κ1) is 15.5. The van der Waals surface area contributed by atoms with E-state index in [4.69, 9.17) is 0 Å². The molecule has 2 unspecified atom stereocenters. The minimum Gasteiger partial charge on any atom is -0.319 e. The van der Waals surface area contributed by atoms with E-state index < -0.39 is 0 Å². The lowest BCUT2D eigenvalue weighted by atomic mass is 9.81. The number of nitrogens with one attached hydrogen (secondary N) is 1. The lowest BCUT2D eigenvalue weighted by Gasteiger charge is -2.42. The second-order valence-electron chi connectivity index (χ2n) is 6.52. The smallest absolute Gasteiger partial charge is 0.0192 e. The Kier molecular flexibility index (Phi) is 5.19. The minimum atomic E-state index is 0.172. The molecule has 1 N–H and O–H groups in total. The lowest BCUT2D eigenvalue weighted by Crippen LogP contribution is -2.54. The number of benzene rings is 1. The van der Waals surface area contributed by atoms with Gasteiger partial charge in [-0.25, -0.2) is 0 Å². The fourth-order valence-corrected chi connectivity index (χ4v) is 3.24. The number of piperazine rings is 1. The van der Waals surface area contributed by atoms with E-state index in [2.05, 4.69) is 66.3 Å². The molecule has 1 fully saturated rings. The third-order valence-electron chi connectivity index (χ3n) is 4.65. The molecule has 2 atom stereocenters. The van der Waals surface area contributed by atoms with Gasteiger partial charge in [0.25, 0.3) is 0 Å². The normalized spacial score (nSPS) is 24.5. The summed E-state index contributed by atoms with van der Waals surface area (Å²) in [6.07, 6.45) is 0. The maximum absolute atomic E-state index is 3.38. The Hall–Kier alpha value is -0.900. The standard InChI is InChI=1S/C17H29N3/c1-15-12-20(11-10-19(15)4)14-17(2,13-18-3)16-8-6-5-7-9-16/h5-9,15,18H,10-14H2,1-4H3. The highest BCUT2D eigenvalue weighted by Crippen LogP contribution is 2.25. The van der Waals surface area contributed by atoms with Gasteiger partial charge in [0.1, 0.15) is 0 Å². The molecule has 0 radical (unpaired) electrons. The summed E-state index contributed by atoms with van der Waals surface area (Å²) in [4.78, 5) is 5.07. The van der Waals surface area contributed by atoms with Crippen molar-refractivity contribution in [1.82, 2.24) is 15.1 Å². The molecule has 0 spiro atoms. The average Bonchev–Trinajstić information content (AvgIpc) is 2.44. The van der Waals surface area contributed by atoms with Crippen molar-refractivity contribution in [3.8, 4) is 0 Å². The third-order valence-corrected chi connectivity index (χ3v) is 4.65. The van der Waals surface area contributed by atoms with Crippen LogP contribution in [0.25, 0.3) is 0 Å². The van der Waals surface area contributed by atoms with Crippen LogP contribution in [-0.2, 0) is 5.41 Å². The quantitative estimate of drug-likeness (QED) is 0.884. The van der Waals surface area contributed by atoms with Crippen LogP contribution in [0.5, 0.6) is 0 Å². The van der Waals surface area contributed by atoms with Gasteiger partial charge < -0.3 is 10.2 Å². The molecular weight excluding hydrogens is 246 g/mol. The van der Waals surface area contributed by atoms with E-state index in [0.717, 1.165) is 13.1 Å². The van der Waals surface area contributed by atoms with Crippen LogP contribution in [0.3, 0.4) is 0 Å². The molecule has 1 heterocycles. The Labute approximate surface area is 124 Å². The van der Waals surface area contributed by atoms with Gasteiger partial charge >= 0.3 is 0 Å². The highest BCUT2D eigenvalue weighted by atomic mass is 15.3. The van der Waals surface area contributed by atoms with Crippen molar-refractivity contribution in [2.75, 3.05) is 46.8 Å². The Bertz CT molecular complexity index is 406. The van der Waals surface area contributed by atoms with Crippen molar-refractivity contribution in [3.05, 3.63) is 35.9 Å². The van der Waals surface area contributed by atoms with Gasteiger partial charge in [0, 0.05) is 44.2 Å². The first-order valence-electron chi connectivity index (χ1n) is 7.68. The van der Waals surface area contributed by atoms with Gasteiger partial charge in [-0.3, -0.25) is 4.90 Å². The van der Waals surface area contributed by atoms with Crippen molar-refractivity contribution in [2.45, 2.75) is 25.3 Å². The molecule has 1 aliphatic rings. The Balaban J connectivity index is 2.09. The Morgan fingerprint density at radius 1 is 1.25 bits per heavy atom. The molecule has 20 heavy (non-hydrogen) atoms. The van der Waals surface area contributed by atoms with Gasteiger partial charge in [0.05, 0.1) is 0 Å². The molecule has 1 saturated heterocycles. The molecule has 0 aliphatic carbocycles. The zero-order valence-corrected chi connectivity index (χ0v) is 13.4. The van der Waals surface area contributed by atoms with Crippen LogP contribution in [0.1, 0.15) is 19.4 Å². The molecule has 1 aliphatic heterocycles. The highest BCUT2D eigenvalue weighted by Gasteiger charge is 2.31. The van der Waals surface area contributed by atoms with Crippen LogP contribution in [-0.4, -0.2) is 62.7 Å². The summed E-state index contributed by atoms with van der Waals surface area (Å²) < 4.78 is 0. The minimum absolute atomic E-state index is 0.172. The van der Waals surface area contributed by atoms with Crippen molar-refractivity contribution < 1.29 is 0 Å². The summed E-state index contributed by atoms with van der Waals surface area (Å²) in [5.74, 6) is 0. The maximum atomic E-state index is 3.38. The van der Waals surface area contributed by atoms with Gasteiger partial charge in [-0.1, -0.05) is 37.3 Å². The second-order valence-corrected chi connectivity index (χ2v) is 6.52. The third kappa shape index (κ3) is 3.60. The van der Waals surface area contributed by atoms with E-state index in [-0.39, 0.29) is 5.41 Å². The number of nitrogens with zero attached hydrogens (tertiary/aromatic N) is 2. The largest absolute Gasteiger partial charge is 0.319 e. The fourth-order valence-electron chi connectivity index (χ4n) is 3.24. The topological polar surface area (TPSA) is 18.5 Å². The van der Waals surface area contributed by atoms with Gasteiger partial charge in [0.15, 0.2) is 0 Å². The molecule has 0 saturated carbocycles. The van der Waals surface area contributed by atoms with Crippen LogP contribution >= 0.6 is 0 Å². The van der Waals surface area contributed by atoms with Crippen LogP contribution < -0.4 is 5.32 Å². The van der Waals surface area contributed by atoms with Gasteiger partial charge in [-0.2, -0.15) is 0 Å². The summed E-state index contributed by atoms with van der Waals surface area (Å²) in [6.45, 7) is 10.3. The van der Waals surface area contributed by atoms with E-state index in [1.54, 1.807) is 0 Å². The zero-order valence-electron chi connectivity index (χ0n) is 13.4. The maximum Gasteiger partial charge on any atom is 0.0192 e. The first-order chi connectivity index (χ1) is 9.55. The van der Waals surface area contributed by atoms with Crippen LogP contribution in [0.2, 0.25) is 0 Å². The number of rotatable bonds is 5. The predicted molar refractivity (Wildman–Crippen MR) is 86.3 cm³/mol. The number of likely N-dealkylation sites (N-methyl/N-ethyl adjacent to an activating group) is 2. The SMILES string of the molecule is CNCC(C)(CN1CCN(C)C(C)C1)c1ccccc1. The van der Waals surface area contributed by atoms with Crippen molar-refractivity contribution in [2.24, 2.45) is 0 Å². The predicted octanol–water partition coefficient (Wildman–Crippen LogP) is 1.80. The Morgan fingerprint density at radius 3 is 2.55 bits per heavy atom. The zero-order chi connectivity index (χ0) is 14.6. The summed E-state index contributed by atoms with van der Waals surface area (Å²) >= 11 is 0. The molecule has 3 heteroatoms. The van der Waals surface area contributed by atoms with Crippen LogP contribution in [0.15, 0.2) is 30.3 Å². The summed E-state index contributed by atoms with van der Waals surface area (Å²) in [5, 5.41) is 3.38. The fraction of sp³-hybridized carbons (Fsp3) is 0.647. The number of hydrogen-bond acceptors (Lipinski definition) is 3. The summed E-state index contributed by atoms with van der Waals surface area (Å²) in [7, 11) is 4.28. The van der Waals surface area contributed by atoms with E-state index in [9.17, 15) is 0 Å². The molecule has 3 nitrogen and oxygen atoms in total. The molecule has 0 bridgehead atoms. The lowest BCUT2D eigenvalue weighted by molar-refractivity contribution is 0.0875. The van der Waals surface area contributed by atoms with E-state index in [1.807, 2.05) is 7.05 Å². The monoisotopic (exact) mass is 275 g/mol. The van der Waals surface area contributed by atoms with Gasteiger partial charge in [0.2, 0.25) is 0 Å². The van der Waals surface area contributed by atoms with Crippen LogP contribution in [0, 0.1) is 0 Å². The molecular formula is C17H29N3. The van der Waals surface area contributed by atoms with Crippen LogP contribution in [0.4, 0.5) is 0 Å². The molecule has 0 amide bonds. The highest BCUT2D eigenvalue weighted by molar-refractivity contribution is 5.25. The molecule has 2 rings (SSSR count). The van der Waals surface area contributed by atoms with Gasteiger partial charge in [-0.05, 0) is 26.6 Å². The second kappa shape index (κ2) is 6.70. The van der Waals surface area contributed by atoms with Crippen molar-refractivity contribution in [3.63, 3.8) is 0 Å². The summed E-state index contributed by atoms with van der Waals surface area (Å²) in [6, 6.07) is 11.6. The molecule has 112 valence electrons. The summed E-state index contributed by atoms with van der Waals surface area (Å²) in [5.41, 5.74) is 1.60. The average molecular weight is 275 g/mol. The van der Waals surface area contributed by atoms with E-state index >= 15 is 0 Å². The molecule has 0 aromatic heterocycles. The van der Waals surface area contributed by atoms with Crippen molar-refractivity contribution >= 4 is 0 Å². The molecule has 1 aromatic rings. The molecule has 1 aromatic carbocycles. The van der Waals surface area contributed by atoms with Crippen molar-refractivity contribution in [1.29, 1.82) is 0 Å². The van der Waals surface area contributed by atoms with Gasteiger partial charge in [-0.15, -0.1) is 0 Å².